The van der Waals surface area contributed by atoms with Crippen LogP contribution in [0.3, 0.4) is 0 Å². The van der Waals surface area contributed by atoms with Crippen molar-refractivity contribution in [3.8, 4) is 0 Å². The fourth-order valence-electron chi connectivity index (χ4n) is 0.730. The summed E-state index contributed by atoms with van der Waals surface area (Å²) in [5, 5.41) is 3.03. The summed E-state index contributed by atoms with van der Waals surface area (Å²) in [6.07, 6.45) is 5.56. The SMILES string of the molecule is CC/C=C\C(C)OCCNC. The number of hydrogen-bond acceptors (Lipinski definition) is 2. The van der Waals surface area contributed by atoms with Gasteiger partial charge >= 0.3 is 0 Å². The maximum absolute atomic E-state index is 5.44. The summed E-state index contributed by atoms with van der Waals surface area (Å²) in [4.78, 5) is 0. The van der Waals surface area contributed by atoms with Gasteiger partial charge in [-0.3, -0.25) is 0 Å². The van der Waals surface area contributed by atoms with Gasteiger partial charge in [-0.05, 0) is 20.4 Å². The van der Waals surface area contributed by atoms with E-state index in [-0.39, 0.29) is 6.10 Å². The third-order valence-corrected chi connectivity index (χ3v) is 1.38. The van der Waals surface area contributed by atoms with E-state index in [0.29, 0.717) is 0 Å². The smallest absolute Gasteiger partial charge is 0.0728 e. The zero-order valence-electron chi connectivity index (χ0n) is 7.76. The molecule has 1 atom stereocenters. The lowest BCUT2D eigenvalue weighted by Gasteiger charge is -2.07. The van der Waals surface area contributed by atoms with Crippen LogP contribution in [0.4, 0.5) is 0 Å². The normalized spacial score (nSPS) is 14.1. The predicted molar refractivity (Wildman–Crippen MR) is 48.8 cm³/mol. The Morgan fingerprint density at radius 1 is 1.55 bits per heavy atom. The Bertz CT molecular complexity index is 102. The van der Waals surface area contributed by atoms with Crippen LogP contribution in [0.5, 0.6) is 0 Å². The molecular weight excluding hydrogens is 138 g/mol. The molecule has 1 N–H and O–H groups in total. The van der Waals surface area contributed by atoms with E-state index in [1.54, 1.807) is 0 Å². The van der Waals surface area contributed by atoms with Crippen LogP contribution in [0.25, 0.3) is 0 Å². The highest BCUT2D eigenvalue weighted by Gasteiger charge is 1.93. The van der Waals surface area contributed by atoms with Crippen LogP contribution in [0.2, 0.25) is 0 Å². The molecule has 0 radical (unpaired) electrons. The van der Waals surface area contributed by atoms with Crippen LogP contribution in [0.1, 0.15) is 20.3 Å². The number of hydrogen-bond donors (Lipinski definition) is 1. The maximum Gasteiger partial charge on any atom is 0.0728 e. The summed E-state index contributed by atoms with van der Waals surface area (Å²) in [7, 11) is 1.93. The van der Waals surface area contributed by atoms with Crippen molar-refractivity contribution in [1.82, 2.24) is 5.32 Å². The second-order valence-electron chi connectivity index (χ2n) is 2.52. The van der Waals surface area contributed by atoms with Gasteiger partial charge < -0.3 is 10.1 Å². The van der Waals surface area contributed by atoms with Gasteiger partial charge in [0.25, 0.3) is 0 Å². The highest BCUT2D eigenvalue weighted by Crippen LogP contribution is 1.93. The zero-order chi connectivity index (χ0) is 8.53. The van der Waals surface area contributed by atoms with Crippen LogP contribution in [0.15, 0.2) is 12.2 Å². The first-order valence-electron chi connectivity index (χ1n) is 4.24. The highest BCUT2D eigenvalue weighted by atomic mass is 16.5. The molecule has 0 aromatic rings. The molecule has 1 unspecified atom stereocenters. The van der Waals surface area contributed by atoms with Crippen LogP contribution >= 0.6 is 0 Å². The summed E-state index contributed by atoms with van der Waals surface area (Å²) < 4.78 is 5.44. The van der Waals surface area contributed by atoms with Gasteiger partial charge in [0.2, 0.25) is 0 Å². The Labute approximate surface area is 69.6 Å². The standard InChI is InChI=1S/C9H19NO/c1-4-5-6-9(2)11-8-7-10-3/h5-6,9-10H,4,7-8H2,1-3H3/b6-5-. The first-order valence-corrected chi connectivity index (χ1v) is 4.24. The van der Waals surface area contributed by atoms with Crippen molar-refractivity contribution < 1.29 is 4.74 Å². The summed E-state index contributed by atoms with van der Waals surface area (Å²) >= 11 is 0. The van der Waals surface area contributed by atoms with Crippen molar-refractivity contribution in [2.24, 2.45) is 0 Å². The van der Waals surface area contributed by atoms with E-state index in [4.69, 9.17) is 4.74 Å². The van der Waals surface area contributed by atoms with E-state index in [0.717, 1.165) is 19.6 Å². The minimum atomic E-state index is 0.253. The van der Waals surface area contributed by atoms with Gasteiger partial charge in [0, 0.05) is 6.54 Å². The second kappa shape index (κ2) is 7.76. The van der Waals surface area contributed by atoms with E-state index in [2.05, 4.69) is 31.3 Å². The molecule has 0 fully saturated rings. The molecule has 0 saturated carbocycles. The van der Waals surface area contributed by atoms with Gasteiger partial charge in [0.1, 0.15) is 0 Å². The first-order chi connectivity index (χ1) is 5.31. The van der Waals surface area contributed by atoms with Crippen molar-refractivity contribution >= 4 is 0 Å². The molecule has 11 heavy (non-hydrogen) atoms. The summed E-state index contributed by atoms with van der Waals surface area (Å²) in [6, 6.07) is 0. The molecule has 0 aliphatic carbocycles. The molecule has 0 bridgehead atoms. The predicted octanol–water partition coefficient (Wildman–Crippen LogP) is 1.58. The lowest BCUT2D eigenvalue weighted by molar-refractivity contribution is 0.100. The fourth-order valence-corrected chi connectivity index (χ4v) is 0.730. The van der Waals surface area contributed by atoms with Crippen molar-refractivity contribution in [2.75, 3.05) is 20.2 Å². The lowest BCUT2D eigenvalue weighted by Crippen LogP contribution is -2.17. The quantitative estimate of drug-likeness (QED) is 0.467. The van der Waals surface area contributed by atoms with E-state index < -0.39 is 0 Å². The Morgan fingerprint density at radius 3 is 2.82 bits per heavy atom. The summed E-state index contributed by atoms with van der Waals surface area (Å²) in [5.41, 5.74) is 0. The molecule has 0 spiro atoms. The van der Waals surface area contributed by atoms with Crippen molar-refractivity contribution in [1.29, 1.82) is 0 Å². The summed E-state index contributed by atoms with van der Waals surface area (Å²) in [6.45, 7) is 5.88. The van der Waals surface area contributed by atoms with Gasteiger partial charge in [-0.2, -0.15) is 0 Å². The van der Waals surface area contributed by atoms with Gasteiger partial charge in [-0.1, -0.05) is 19.1 Å². The number of allylic oxidation sites excluding steroid dienone is 1. The molecule has 0 amide bonds. The molecule has 2 nitrogen and oxygen atoms in total. The molecule has 0 heterocycles. The maximum atomic E-state index is 5.44. The Morgan fingerprint density at radius 2 is 2.27 bits per heavy atom. The fraction of sp³-hybridized carbons (Fsp3) is 0.778. The number of likely N-dealkylation sites (N-methyl/N-ethyl adjacent to an activating group) is 1. The Balaban J connectivity index is 3.21. The van der Waals surface area contributed by atoms with Crippen LogP contribution in [0, 0.1) is 0 Å². The lowest BCUT2D eigenvalue weighted by atomic mass is 10.3. The third kappa shape index (κ3) is 7.56. The largest absolute Gasteiger partial charge is 0.373 e. The minimum absolute atomic E-state index is 0.253. The van der Waals surface area contributed by atoms with E-state index in [1.807, 2.05) is 7.05 Å². The van der Waals surface area contributed by atoms with Crippen LogP contribution < -0.4 is 5.32 Å². The molecule has 0 aliphatic heterocycles. The van der Waals surface area contributed by atoms with Gasteiger partial charge in [-0.15, -0.1) is 0 Å². The Kier molecular flexibility index (Phi) is 7.52. The average molecular weight is 157 g/mol. The molecule has 0 aromatic carbocycles. The monoisotopic (exact) mass is 157 g/mol. The van der Waals surface area contributed by atoms with Crippen LogP contribution in [-0.2, 0) is 4.74 Å². The minimum Gasteiger partial charge on any atom is -0.373 e. The van der Waals surface area contributed by atoms with E-state index in [1.165, 1.54) is 0 Å². The number of rotatable bonds is 6. The molecular formula is C9H19NO. The Hall–Kier alpha value is -0.340. The van der Waals surface area contributed by atoms with Crippen LogP contribution in [-0.4, -0.2) is 26.3 Å². The molecule has 0 aromatic heterocycles. The second-order valence-corrected chi connectivity index (χ2v) is 2.52. The molecule has 0 aliphatic rings. The van der Waals surface area contributed by atoms with Gasteiger partial charge in [0.05, 0.1) is 12.7 Å². The van der Waals surface area contributed by atoms with Gasteiger partial charge in [0.15, 0.2) is 0 Å². The highest BCUT2D eigenvalue weighted by molar-refractivity contribution is 4.86. The summed E-state index contributed by atoms with van der Waals surface area (Å²) in [5.74, 6) is 0. The topological polar surface area (TPSA) is 21.3 Å². The molecule has 0 rings (SSSR count). The molecule has 0 saturated heterocycles. The number of nitrogens with one attached hydrogen (secondary N) is 1. The zero-order valence-corrected chi connectivity index (χ0v) is 7.76. The van der Waals surface area contributed by atoms with E-state index in [9.17, 15) is 0 Å². The molecule has 2 heteroatoms. The van der Waals surface area contributed by atoms with Crippen molar-refractivity contribution in [3.05, 3.63) is 12.2 Å². The van der Waals surface area contributed by atoms with Crippen molar-refractivity contribution in [2.45, 2.75) is 26.4 Å². The van der Waals surface area contributed by atoms with E-state index >= 15 is 0 Å². The third-order valence-electron chi connectivity index (χ3n) is 1.38. The first kappa shape index (κ1) is 10.7. The number of ether oxygens (including phenoxy) is 1. The van der Waals surface area contributed by atoms with Crippen molar-refractivity contribution in [3.63, 3.8) is 0 Å². The molecule has 66 valence electrons. The van der Waals surface area contributed by atoms with Gasteiger partial charge in [-0.25, -0.2) is 0 Å². The average Bonchev–Trinajstić information content (AvgIpc) is 2.01.